The van der Waals surface area contributed by atoms with Gasteiger partial charge in [-0.3, -0.25) is 10.2 Å². The quantitative estimate of drug-likeness (QED) is 0.232. The molecule has 0 aliphatic heterocycles. The van der Waals surface area contributed by atoms with Gasteiger partial charge in [-0.1, -0.05) is 24.3 Å². The van der Waals surface area contributed by atoms with Gasteiger partial charge in [-0.05, 0) is 5.56 Å². The predicted octanol–water partition coefficient (Wildman–Crippen LogP) is -0.892. The number of amidine groups is 1. The number of amides is 1. The van der Waals surface area contributed by atoms with E-state index in [1.165, 1.54) is 0 Å². The highest BCUT2D eigenvalue weighted by Gasteiger charge is 2.17. The van der Waals surface area contributed by atoms with Crippen LogP contribution in [0.25, 0.3) is 0 Å². The van der Waals surface area contributed by atoms with Crippen LogP contribution in [0.5, 0.6) is 5.88 Å². The van der Waals surface area contributed by atoms with Gasteiger partial charge in [0.2, 0.25) is 0 Å². The van der Waals surface area contributed by atoms with Crippen molar-refractivity contribution >= 4 is 23.4 Å². The molecule has 1 aromatic heterocycles. The highest BCUT2D eigenvalue weighted by molar-refractivity contribution is 5.97. The molecule has 1 amide bonds. The van der Waals surface area contributed by atoms with Gasteiger partial charge in [-0.15, -0.1) is 0 Å². The normalized spacial score (nSPS) is 10.1. The van der Waals surface area contributed by atoms with Crippen molar-refractivity contribution in [3.05, 3.63) is 41.1 Å². The summed E-state index contributed by atoms with van der Waals surface area (Å²) in [6.07, 6.45) is 0. The van der Waals surface area contributed by atoms with E-state index in [-0.39, 0.29) is 35.6 Å². The second-order valence-electron chi connectivity index (χ2n) is 4.56. The summed E-state index contributed by atoms with van der Waals surface area (Å²) in [7, 11) is 0. The number of carbonyl (C=O) groups excluding carboxylic acids is 1. The highest BCUT2D eigenvalue weighted by atomic mass is 16.6. The fourth-order valence-corrected chi connectivity index (χ4v) is 1.77. The smallest absolute Gasteiger partial charge is 0.281 e. The average Bonchev–Trinajstić information content (AvgIpc) is 2.54. The predicted molar refractivity (Wildman–Crippen MR) is 84.3 cm³/mol. The Morgan fingerprint density at radius 3 is 2.39 bits per heavy atom. The van der Waals surface area contributed by atoms with Crippen LogP contribution < -0.4 is 33.3 Å². The first kappa shape index (κ1) is 16.0. The van der Waals surface area contributed by atoms with Crippen LogP contribution in [0.2, 0.25) is 0 Å². The summed E-state index contributed by atoms with van der Waals surface area (Å²) in [5.74, 6) is 3.94. The van der Waals surface area contributed by atoms with E-state index < -0.39 is 5.91 Å². The molecule has 1 heterocycles. The van der Waals surface area contributed by atoms with E-state index in [2.05, 4.69) is 20.1 Å². The SMILES string of the molecule is N=C(N)c1ccc(CNC(=O)c2nc(N)c(ON)nc2N)cc1. The molecule has 0 aliphatic carbocycles. The Balaban J connectivity index is 2.07. The standard InChI is InChI=1S/C13H16N8O2/c14-9(15)7-3-1-6(2-4-7)5-19-12(22)8-10(16)21-13(23-18)11(17)20-8/h1-4H,5,18H2,(H3,14,15)(H2,16,21)(H2,17,20)(H,19,22). The minimum atomic E-state index is -0.541. The van der Waals surface area contributed by atoms with Crippen LogP contribution in [0.15, 0.2) is 24.3 Å². The molecular formula is C13H16N8O2. The third-order valence-corrected chi connectivity index (χ3v) is 2.96. The first-order valence-electron chi connectivity index (χ1n) is 6.43. The molecule has 1 aromatic carbocycles. The van der Waals surface area contributed by atoms with Gasteiger partial charge >= 0.3 is 0 Å². The Labute approximate surface area is 131 Å². The summed E-state index contributed by atoms with van der Waals surface area (Å²) >= 11 is 0. The minimum Gasteiger partial charge on any atom is -0.387 e. The number of carbonyl (C=O) groups is 1. The number of nitrogens with one attached hydrogen (secondary N) is 2. The number of hydrogen-bond donors (Lipinski definition) is 6. The zero-order chi connectivity index (χ0) is 17.0. The summed E-state index contributed by atoms with van der Waals surface area (Å²) < 4.78 is 0. The van der Waals surface area contributed by atoms with E-state index in [1.807, 2.05) is 0 Å². The molecule has 0 aliphatic rings. The molecule has 0 radical (unpaired) electrons. The maximum atomic E-state index is 12.1. The topological polar surface area (TPSA) is 192 Å². The number of aromatic nitrogens is 2. The Bertz CT molecular complexity index is 744. The second kappa shape index (κ2) is 6.58. The van der Waals surface area contributed by atoms with Gasteiger partial charge in [-0.2, -0.15) is 10.9 Å². The molecule has 0 fully saturated rings. The molecule has 0 unspecified atom stereocenters. The molecule has 10 nitrogen and oxygen atoms in total. The lowest BCUT2D eigenvalue weighted by atomic mass is 10.1. The van der Waals surface area contributed by atoms with Crippen molar-refractivity contribution in [3.8, 4) is 5.88 Å². The molecule has 0 bridgehead atoms. The van der Waals surface area contributed by atoms with Gasteiger partial charge in [0.05, 0.1) is 0 Å². The molecule has 0 saturated heterocycles. The monoisotopic (exact) mass is 316 g/mol. The lowest BCUT2D eigenvalue weighted by molar-refractivity contribution is 0.0946. The number of nitrogen functional groups attached to an aromatic ring is 3. The lowest BCUT2D eigenvalue weighted by Gasteiger charge is -2.09. The average molecular weight is 316 g/mol. The Hall–Kier alpha value is -3.40. The maximum absolute atomic E-state index is 12.1. The summed E-state index contributed by atoms with van der Waals surface area (Å²) in [6, 6.07) is 6.85. The number of nitrogens with two attached hydrogens (primary N) is 4. The van der Waals surface area contributed by atoms with Gasteiger partial charge in [-0.25, -0.2) is 4.98 Å². The number of rotatable bonds is 5. The van der Waals surface area contributed by atoms with Crippen LogP contribution in [0.4, 0.5) is 11.6 Å². The van der Waals surface area contributed by atoms with E-state index in [0.29, 0.717) is 5.56 Å². The zero-order valence-electron chi connectivity index (χ0n) is 12.0. The first-order valence-corrected chi connectivity index (χ1v) is 6.43. The van der Waals surface area contributed by atoms with Crippen LogP contribution in [0, 0.1) is 5.41 Å². The summed E-state index contributed by atoms with van der Waals surface area (Å²) in [6.45, 7) is 0.229. The third kappa shape index (κ3) is 3.63. The molecule has 2 rings (SSSR count). The van der Waals surface area contributed by atoms with E-state index in [4.69, 9.17) is 28.5 Å². The number of hydrogen-bond acceptors (Lipinski definition) is 8. The fourth-order valence-electron chi connectivity index (χ4n) is 1.77. The third-order valence-electron chi connectivity index (χ3n) is 2.96. The maximum Gasteiger partial charge on any atom is 0.281 e. The number of benzene rings is 1. The summed E-state index contributed by atoms with van der Waals surface area (Å²) in [5, 5.41) is 9.95. The van der Waals surface area contributed by atoms with E-state index in [0.717, 1.165) is 5.56 Å². The van der Waals surface area contributed by atoms with Crippen molar-refractivity contribution in [2.24, 2.45) is 11.6 Å². The van der Waals surface area contributed by atoms with Gasteiger partial charge in [0, 0.05) is 12.1 Å². The fraction of sp³-hybridized carbons (Fsp3) is 0.0769. The second-order valence-corrected chi connectivity index (χ2v) is 4.56. The van der Waals surface area contributed by atoms with Crippen LogP contribution in [-0.2, 0) is 6.54 Å². The molecule has 2 aromatic rings. The van der Waals surface area contributed by atoms with Crippen molar-refractivity contribution in [1.29, 1.82) is 5.41 Å². The molecule has 120 valence electrons. The lowest BCUT2D eigenvalue weighted by Crippen LogP contribution is -2.26. The van der Waals surface area contributed by atoms with E-state index in [1.54, 1.807) is 24.3 Å². The van der Waals surface area contributed by atoms with E-state index >= 15 is 0 Å². The highest BCUT2D eigenvalue weighted by Crippen LogP contribution is 2.18. The number of anilines is 2. The summed E-state index contributed by atoms with van der Waals surface area (Å²) in [4.78, 5) is 24.0. The van der Waals surface area contributed by atoms with Crippen LogP contribution >= 0.6 is 0 Å². The Morgan fingerprint density at radius 1 is 1.17 bits per heavy atom. The number of nitrogens with zero attached hydrogens (tertiary/aromatic N) is 2. The largest absolute Gasteiger partial charge is 0.387 e. The van der Waals surface area contributed by atoms with Gasteiger partial charge in [0.1, 0.15) is 5.84 Å². The van der Waals surface area contributed by atoms with Crippen LogP contribution in [0.1, 0.15) is 21.6 Å². The molecule has 10 heteroatoms. The van der Waals surface area contributed by atoms with Crippen LogP contribution in [0.3, 0.4) is 0 Å². The van der Waals surface area contributed by atoms with Crippen molar-refractivity contribution in [1.82, 2.24) is 15.3 Å². The molecule has 10 N–H and O–H groups in total. The summed E-state index contributed by atoms with van der Waals surface area (Å²) in [5.41, 5.74) is 17.8. The molecular weight excluding hydrogens is 300 g/mol. The zero-order valence-corrected chi connectivity index (χ0v) is 12.0. The van der Waals surface area contributed by atoms with Crippen molar-refractivity contribution in [2.45, 2.75) is 6.54 Å². The minimum absolute atomic E-state index is 0.0266. The van der Waals surface area contributed by atoms with Gasteiger partial charge < -0.3 is 27.4 Å². The molecule has 0 spiro atoms. The van der Waals surface area contributed by atoms with E-state index in [9.17, 15) is 4.79 Å². The van der Waals surface area contributed by atoms with Crippen molar-refractivity contribution in [2.75, 3.05) is 11.5 Å². The van der Waals surface area contributed by atoms with Gasteiger partial charge in [0.15, 0.2) is 17.3 Å². The van der Waals surface area contributed by atoms with Crippen molar-refractivity contribution in [3.63, 3.8) is 0 Å². The van der Waals surface area contributed by atoms with Crippen LogP contribution in [-0.4, -0.2) is 21.7 Å². The van der Waals surface area contributed by atoms with Gasteiger partial charge in [0.25, 0.3) is 11.8 Å². The molecule has 0 saturated carbocycles. The molecule has 23 heavy (non-hydrogen) atoms. The first-order chi connectivity index (χ1) is 10.9. The Morgan fingerprint density at radius 2 is 1.83 bits per heavy atom. The Kier molecular flexibility index (Phi) is 4.57. The van der Waals surface area contributed by atoms with Crippen molar-refractivity contribution < 1.29 is 9.63 Å². The molecule has 0 atom stereocenters.